The van der Waals surface area contributed by atoms with Gasteiger partial charge in [0.2, 0.25) is 5.91 Å². The van der Waals surface area contributed by atoms with E-state index >= 15 is 0 Å². The molecule has 2 amide bonds. The van der Waals surface area contributed by atoms with Crippen molar-refractivity contribution >= 4 is 40.7 Å². The lowest BCUT2D eigenvalue weighted by Gasteiger charge is -2.23. The van der Waals surface area contributed by atoms with Gasteiger partial charge in [-0.3, -0.25) is 9.59 Å². The van der Waals surface area contributed by atoms with Gasteiger partial charge >= 0.3 is 0 Å². The summed E-state index contributed by atoms with van der Waals surface area (Å²) >= 11 is 11.9. The molecule has 1 heterocycles. The molecule has 1 aliphatic rings. The Morgan fingerprint density at radius 2 is 1.95 bits per heavy atom. The minimum absolute atomic E-state index is 0.163. The minimum atomic E-state index is -0.442. The number of hydrogen-bond donors (Lipinski definition) is 2. The smallest absolute Gasteiger partial charge is 0.254 e. The maximum absolute atomic E-state index is 12.5. The molecule has 1 aromatic rings. The molecule has 0 aromatic heterocycles. The summed E-state index contributed by atoms with van der Waals surface area (Å²) < 4.78 is 0. The lowest BCUT2D eigenvalue weighted by atomic mass is 10.1. The Bertz CT molecular complexity index is 540. The van der Waals surface area contributed by atoms with E-state index in [1.807, 2.05) is 0 Å². The van der Waals surface area contributed by atoms with Crippen molar-refractivity contribution in [1.82, 2.24) is 10.2 Å². The van der Waals surface area contributed by atoms with Crippen LogP contribution in [0.2, 0.25) is 10.0 Å². The van der Waals surface area contributed by atoms with Crippen LogP contribution in [0.3, 0.4) is 0 Å². The summed E-state index contributed by atoms with van der Waals surface area (Å²) in [4.78, 5) is 25.8. The molecule has 0 spiro atoms. The van der Waals surface area contributed by atoms with Gasteiger partial charge in [0.05, 0.1) is 15.7 Å². The first-order valence-corrected chi connectivity index (χ1v) is 6.98. The van der Waals surface area contributed by atoms with Gasteiger partial charge in [0.25, 0.3) is 5.91 Å². The number of likely N-dealkylation sites (N-methyl/N-ethyl adjacent to an activating group) is 1. The largest absolute Gasteiger partial charge is 0.396 e. The van der Waals surface area contributed by atoms with Crippen molar-refractivity contribution in [2.45, 2.75) is 18.9 Å². The predicted octanol–water partition coefficient (Wildman–Crippen LogP) is 1.93. The van der Waals surface area contributed by atoms with Gasteiger partial charge < -0.3 is 16.0 Å². The second-order valence-electron chi connectivity index (χ2n) is 4.62. The van der Waals surface area contributed by atoms with E-state index in [9.17, 15) is 9.59 Å². The number of carbonyl (C=O) groups excluding carboxylic acids is 2. The first-order chi connectivity index (χ1) is 9.45. The molecule has 3 N–H and O–H groups in total. The van der Waals surface area contributed by atoms with E-state index in [2.05, 4.69) is 5.32 Å². The van der Waals surface area contributed by atoms with Crippen LogP contribution in [0.4, 0.5) is 5.69 Å². The Morgan fingerprint density at radius 1 is 1.35 bits per heavy atom. The number of anilines is 1. The summed E-state index contributed by atoms with van der Waals surface area (Å²) in [6, 6.07) is 2.51. The average Bonchev–Trinajstić information content (AvgIpc) is 2.91. The monoisotopic (exact) mass is 315 g/mol. The number of halogens is 2. The summed E-state index contributed by atoms with van der Waals surface area (Å²) in [5.41, 5.74) is 6.23. The SMILES string of the molecule is CNC(=O)C1CCCN1C(=O)c1cc(Cl)c(N)c(Cl)c1. The van der Waals surface area contributed by atoms with E-state index in [-0.39, 0.29) is 27.5 Å². The molecular weight excluding hydrogens is 301 g/mol. The first-order valence-electron chi connectivity index (χ1n) is 6.22. The fourth-order valence-electron chi connectivity index (χ4n) is 2.32. The molecule has 0 aliphatic carbocycles. The molecule has 0 bridgehead atoms. The Kier molecular flexibility index (Phi) is 4.40. The van der Waals surface area contributed by atoms with Gasteiger partial charge in [-0.05, 0) is 25.0 Å². The third kappa shape index (κ3) is 2.69. The van der Waals surface area contributed by atoms with Crippen LogP contribution in [0, 0.1) is 0 Å². The van der Waals surface area contributed by atoms with Gasteiger partial charge in [0.1, 0.15) is 6.04 Å². The number of nitrogens with two attached hydrogens (primary N) is 1. The lowest BCUT2D eigenvalue weighted by Crippen LogP contribution is -2.44. The van der Waals surface area contributed by atoms with Crippen molar-refractivity contribution in [1.29, 1.82) is 0 Å². The molecule has 0 saturated carbocycles. The predicted molar refractivity (Wildman–Crippen MR) is 79.0 cm³/mol. The highest BCUT2D eigenvalue weighted by molar-refractivity contribution is 6.39. The number of nitrogens with zero attached hydrogens (tertiary/aromatic N) is 1. The normalized spacial score (nSPS) is 18.1. The van der Waals surface area contributed by atoms with Crippen molar-refractivity contribution in [2.75, 3.05) is 19.3 Å². The van der Waals surface area contributed by atoms with Gasteiger partial charge in [-0.2, -0.15) is 0 Å². The number of nitrogens with one attached hydrogen (secondary N) is 1. The van der Waals surface area contributed by atoms with Crippen LogP contribution in [0.5, 0.6) is 0 Å². The molecule has 20 heavy (non-hydrogen) atoms. The Balaban J connectivity index is 2.29. The Labute approximate surface area is 127 Å². The van der Waals surface area contributed by atoms with Crippen molar-refractivity contribution < 1.29 is 9.59 Å². The summed E-state index contributed by atoms with van der Waals surface area (Å²) in [6.07, 6.45) is 1.45. The summed E-state index contributed by atoms with van der Waals surface area (Å²) in [5, 5.41) is 3.04. The van der Waals surface area contributed by atoms with Crippen molar-refractivity contribution in [3.05, 3.63) is 27.7 Å². The van der Waals surface area contributed by atoms with E-state index in [0.717, 1.165) is 6.42 Å². The number of benzene rings is 1. The molecule has 0 radical (unpaired) electrons. The molecule has 1 saturated heterocycles. The van der Waals surface area contributed by atoms with Crippen LogP contribution < -0.4 is 11.1 Å². The lowest BCUT2D eigenvalue weighted by molar-refractivity contribution is -0.124. The van der Waals surface area contributed by atoms with Crippen LogP contribution in [-0.4, -0.2) is 36.3 Å². The third-order valence-corrected chi connectivity index (χ3v) is 4.01. The third-order valence-electron chi connectivity index (χ3n) is 3.39. The van der Waals surface area contributed by atoms with Gasteiger partial charge in [-0.1, -0.05) is 23.2 Å². The fourth-order valence-corrected chi connectivity index (χ4v) is 2.81. The molecule has 1 unspecified atom stereocenters. The number of likely N-dealkylation sites (tertiary alicyclic amines) is 1. The standard InChI is InChI=1S/C13H15Cl2N3O2/c1-17-12(19)10-3-2-4-18(10)13(20)7-5-8(14)11(16)9(15)6-7/h5-6,10H,2-4,16H2,1H3,(H,17,19). The zero-order valence-corrected chi connectivity index (χ0v) is 12.5. The molecule has 7 heteroatoms. The highest BCUT2D eigenvalue weighted by Crippen LogP contribution is 2.30. The number of hydrogen-bond acceptors (Lipinski definition) is 3. The van der Waals surface area contributed by atoms with Crippen LogP contribution >= 0.6 is 23.2 Å². The first kappa shape index (κ1) is 14.9. The van der Waals surface area contributed by atoms with Gasteiger partial charge in [0.15, 0.2) is 0 Å². The maximum atomic E-state index is 12.5. The highest BCUT2D eigenvalue weighted by atomic mass is 35.5. The molecule has 108 valence electrons. The number of nitrogen functional groups attached to an aromatic ring is 1. The van der Waals surface area contributed by atoms with Crippen molar-refractivity contribution in [2.24, 2.45) is 0 Å². The number of carbonyl (C=O) groups is 2. The van der Waals surface area contributed by atoms with E-state index in [0.29, 0.717) is 18.5 Å². The highest BCUT2D eigenvalue weighted by Gasteiger charge is 2.34. The quantitative estimate of drug-likeness (QED) is 0.819. The van der Waals surface area contributed by atoms with Crippen LogP contribution in [-0.2, 0) is 4.79 Å². The summed E-state index contributed by atoms with van der Waals surface area (Å²) in [7, 11) is 1.56. The second-order valence-corrected chi connectivity index (χ2v) is 5.44. The zero-order valence-electron chi connectivity index (χ0n) is 11.0. The van der Waals surface area contributed by atoms with Crippen molar-refractivity contribution in [3.8, 4) is 0 Å². The average molecular weight is 316 g/mol. The van der Waals surface area contributed by atoms with Gasteiger partial charge in [-0.25, -0.2) is 0 Å². The molecule has 5 nitrogen and oxygen atoms in total. The van der Waals surface area contributed by atoms with E-state index in [1.54, 1.807) is 7.05 Å². The topological polar surface area (TPSA) is 75.4 Å². The Hall–Kier alpha value is -1.46. The van der Waals surface area contributed by atoms with Crippen LogP contribution in [0.1, 0.15) is 23.2 Å². The van der Waals surface area contributed by atoms with Crippen LogP contribution in [0.25, 0.3) is 0 Å². The summed E-state index contributed by atoms with van der Waals surface area (Å²) in [6.45, 7) is 0.538. The summed E-state index contributed by atoms with van der Waals surface area (Å²) in [5.74, 6) is -0.427. The van der Waals surface area contributed by atoms with Crippen molar-refractivity contribution in [3.63, 3.8) is 0 Å². The minimum Gasteiger partial charge on any atom is -0.396 e. The molecule has 1 aliphatic heterocycles. The van der Waals surface area contributed by atoms with E-state index in [4.69, 9.17) is 28.9 Å². The maximum Gasteiger partial charge on any atom is 0.254 e. The van der Waals surface area contributed by atoms with E-state index < -0.39 is 6.04 Å². The number of amides is 2. The van der Waals surface area contributed by atoms with Crippen LogP contribution in [0.15, 0.2) is 12.1 Å². The molecular formula is C13H15Cl2N3O2. The zero-order chi connectivity index (χ0) is 14.9. The van der Waals surface area contributed by atoms with E-state index in [1.165, 1.54) is 17.0 Å². The second kappa shape index (κ2) is 5.89. The fraction of sp³-hybridized carbons (Fsp3) is 0.385. The number of rotatable bonds is 2. The van der Waals surface area contributed by atoms with Gasteiger partial charge in [-0.15, -0.1) is 0 Å². The molecule has 1 atom stereocenters. The molecule has 1 fully saturated rings. The molecule has 2 rings (SSSR count). The van der Waals surface area contributed by atoms with Gasteiger partial charge in [0, 0.05) is 19.2 Å². The molecule has 1 aromatic carbocycles. The Morgan fingerprint density at radius 3 is 2.50 bits per heavy atom.